The van der Waals surface area contributed by atoms with Gasteiger partial charge in [-0.15, -0.1) is 0 Å². The lowest BCUT2D eigenvalue weighted by Gasteiger charge is -2.31. The summed E-state index contributed by atoms with van der Waals surface area (Å²) in [6.07, 6.45) is -0.858. The lowest BCUT2D eigenvalue weighted by Crippen LogP contribution is -2.19. The SMILES string of the molecule is COc1ccc(NC(c2ccc(O)cc2)P(=O)(OC(C)C)OC(C)C)c([N+](=O)[O-])c1. The number of hydrogen-bond acceptors (Lipinski definition) is 8. The molecular weight excluding hydrogens is 411 g/mol. The minimum atomic E-state index is -3.86. The largest absolute Gasteiger partial charge is 0.508 e. The quantitative estimate of drug-likeness (QED) is 0.285. The first-order valence-corrected chi connectivity index (χ1v) is 11.0. The van der Waals surface area contributed by atoms with Gasteiger partial charge in [0, 0.05) is 0 Å². The molecule has 0 amide bonds. The van der Waals surface area contributed by atoms with Crippen LogP contribution in [-0.4, -0.2) is 29.3 Å². The molecule has 0 heterocycles. The van der Waals surface area contributed by atoms with E-state index in [0.29, 0.717) is 11.3 Å². The van der Waals surface area contributed by atoms with Gasteiger partial charge in [-0.05, 0) is 57.5 Å². The Balaban J connectivity index is 2.61. The number of methoxy groups -OCH3 is 1. The fourth-order valence-electron chi connectivity index (χ4n) is 2.79. The first kappa shape index (κ1) is 23.7. The zero-order valence-electron chi connectivity index (χ0n) is 17.6. The van der Waals surface area contributed by atoms with Gasteiger partial charge in [0.1, 0.15) is 17.2 Å². The van der Waals surface area contributed by atoms with Gasteiger partial charge in [0.05, 0.1) is 30.3 Å². The third-order valence-corrected chi connectivity index (χ3v) is 6.43. The number of nitrogens with zero attached hydrogens (tertiary/aromatic N) is 1. The van der Waals surface area contributed by atoms with Crippen molar-refractivity contribution in [1.82, 2.24) is 0 Å². The summed E-state index contributed by atoms with van der Waals surface area (Å²) in [7, 11) is -2.45. The number of phenols is 1. The highest BCUT2D eigenvalue weighted by Gasteiger charge is 2.40. The van der Waals surface area contributed by atoms with Crippen LogP contribution in [-0.2, 0) is 13.6 Å². The molecule has 2 aromatic rings. The van der Waals surface area contributed by atoms with Crippen molar-refractivity contribution in [3.8, 4) is 11.5 Å². The minimum absolute atomic E-state index is 0.0253. The van der Waals surface area contributed by atoms with Crippen LogP contribution in [0.15, 0.2) is 42.5 Å². The molecule has 2 aromatic carbocycles. The highest BCUT2D eigenvalue weighted by atomic mass is 31.2. The van der Waals surface area contributed by atoms with Crippen LogP contribution in [0.5, 0.6) is 11.5 Å². The number of nitrogens with one attached hydrogen (secondary N) is 1. The Morgan fingerprint density at radius 1 is 1.03 bits per heavy atom. The Hall–Kier alpha value is -2.61. The number of rotatable bonds is 10. The predicted molar refractivity (Wildman–Crippen MR) is 114 cm³/mol. The van der Waals surface area contributed by atoms with Crippen molar-refractivity contribution in [3.63, 3.8) is 0 Å². The van der Waals surface area contributed by atoms with Crippen LogP contribution < -0.4 is 10.1 Å². The maximum atomic E-state index is 13.9. The minimum Gasteiger partial charge on any atom is -0.508 e. The van der Waals surface area contributed by atoms with E-state index >= 15 is 0 Å². The molecular formula is C20H27N2O7P. The number of hydrogen-bond donors (Lipinski definition) is 2. The molecule has 0 spiro atoms. The standard InChI is InChI=1S/C20H27N2O7P/c1-13(2)28-30(26,29-14(3)4)20(15-6-8-16(23)9-7-15)21-18-11-10-17(27-5)12-19(18)22(24)25/h6-14,20-21,23H,1-5H3. The summed E-state index contributed by atoms with van der Waals surface area (Å²) in [5.41, 5.74) is 0.347. The van der Waals surface area contributed by atoms with Gasteiger partial charge in [-0.1, -0.05) is 12.1 Å². The molecule has 0 aliphatic rings. The lowest BCUT2D eigenvalue weighted by atomic mass is 10.2. The molecule has 30 heavy (non-hydrogen) atoms. The summed E-state index contributed by atoms with van der Waals surface area (Å²) in [6.45, 7) is 6.89. The number of nitro groups is 1. The van der Waals surface area contributed by atoms with E-state index in [-0.39, 0.29) is 17.1 Å². The molecule has 0 aromatic heterocycles. The average Bonchev–Trinajstić information content (AvgIpc) is 2.65. The summed E-state index contributed by atoms with van der Waals surface area (Å²) in [5, 5.41) is 24.2. The normalized spacial score (nSPS) is 12.8. The Kier molecular flexibility index (Phi) is 7.83. The highest BCUT2D eigenvalue weighted by molar-refractivity contribution is 7.54. The van der Waals surface area contributed by atoms with Crippen molar-refractivity contribution in [2.24, 2.45) is 0 Å². The summed E-state index contributed by atoms with van der Waals surface area (Å²) >= 11 is 0. The monoisotopic (exact) mass is 438 g/mol. The Bertz CT molecular complexity index is 902. The van der Waals surface area contributed by atoms with Crippen molar-refractivity contribution >= 4 is 19.0 Å². The Labute approximate surface area is 175 Å². The number of benzene rings is 2. The van der Waals surface area contributed by atoms with E-state index in [1.165, 1.54) is 31.4 Å². The van der Waals surface area contributed by atoms with Crippen LogP contribution in [0, 0.1) is 10.1 Å². The second-order valence-electron chi connectivity index (χ2n) is 7.13. The van der Waals surface area contributed by atoms with E-state index in [4.69, 9.17) is 13.8 Å². The third kappa shape index (κ3) is 5.95. The van der Waals surface area contributed by atoms with Gasteiger partial charge in [-0.2, -0.15) is 0 Å². The van der Waals surface area contributed by atoms with Gasteiger partial charge < -0.3 is 24.2 Å². The van der Waals surface area contributed by atoms with Crippen molar-refractivity contribution < 1.29 is 28.4 Å². The fourth-order valence-corrected chi connectivity index (χ4v) is 5.10. The van der Waals surface area contributed by atoms with Crippen molar-refractivity contribution in [3.05, 3.63) is 58.1 Å². The van der Waals surface area contributed by atoms with Gasteiger partial charge >= 0.3 is 7.60 Å². The highest BCUT2D eigenvalue weighted by Crippen LogP contribution is 2.62. The fraction of sp³-hybridized carbons (Fsp3) is 0.400. The average molecular weight is 438 g/mol. The Morgan fingerprint density at radius 2 is 1.60 bits per heavy atom. The first-order valence-electron chi connectivity index (χ1n) is 9.40. The molecule has 0 aliphatic carbocycles. The molecule has 10 heteroatoms. The third-order valence-electron chi connectivity index (χ3n) is 3.93. The van der Waals surface area contributed by atoms with Crippen LogP contribution in [0.2, 0.25) is 0 Å². The smallest absolute Gasteiger partial charge is 0.357 e. The van der Waals surface area contributed by atoms with Crippen LogP contribution in [0.1, 0.15) is 39.0 Å². The molecule has 0 fully saturated rings. The van der Waals surface area contributed by atoms with Gasteiger partial charge in [0.2, 0.25) is 0 Å². The van der Waals surface area contributed by atoms with E-state index in [1.807, 2.05) is 0 Å². The molecule has 0 aliphatic heterocycles. The predicted octanol–water partition coefficient (Wildman–Crippen LogP) is 5.46. The zero-order valence-corrected chi connectivity index (χ0v) is 18.5. The van der Waals surface area contributed by atoms with Crippen LogP contribution in [0.4, 0.5) is 11.4 Å². The molecule has 0 radical (unpaired) electrons. The number of phenolic OH excluding ortho intramolecular Hbond substituents is 1. The second kappa shape index (κ2) is 9.93. The van der Waals surface area contributed by atoms with Gasteiger partial charge in [0.25, 0.3) is 5.69 Å². The summed E-state index contributed by atoms with van der Waals surface area (Å²) in [6, 6.07) is 10.3. The van der Waals surface area contributed by atoms with E-state index in [0.717, 1.165) is 0 Å². The van der Waals surface area contributed by atoms with E-state index in [9.17, 15) is 19.8 Å². The second-order valence-corrected chi connectivity index (χ2v) is 9.14. The van der Waals surface area contributed by atoms with Crippen molar-refractivity contribution in [1.29, 1.82) is 0 Å². The summed E-state index contributed by atoms with van der Waals surface area (Å²) < 4.78 is 30.4. The number of nitro benzene ring substituents is 1. The van der Waals surface area contributed by atoms with Crippen molar-refractivity contribution in [2.75, 3.05) is 12.4 Å². The van der Waals surface area contributed by atoms with Gasteiger partial charge in [-0.25, -0.2) is 0 Å². The topological polar surface area (TPSA) is 120 Å². The van der Waals surface area contributed by atoms with E-state index in [1.54, 1.807) is 45.9 Å². The number of anilines is 1. The number of ether oxygens (including phenoxy) is 1. The molecule has 0 saturated carbocycles. The first-order chi connectivity index (χ1) is 14.1. The van der Waals surface area contributed by atoms with Crippen LogP contribution >= 0.6 is 7.60 Å². The molecule has 9 nitrogen and oxygen atoms in total. The van der Waals surface area contributed by atoms with E-state index < -0.39 is 30.5 Å². The zero-order chi connectivity index (χ0) is 22.5. The molecule has 1 atom stereocenters. The van der Waals surface area contributed by atoms with E-state index in [2.05, 4.69) is 5.32 Å². The maximum absolute atomic E-state index is 13.9. The molecule has 1 unspecified atom stereocenters. The van der Waals surface area contributed by atoms with Gasteiger partial charge in [0.15, 0.2) is 5.78 Å². The number of aromatic hydroxyl groups is 1. The van der Waals surface area contributed by atoms with Crippen LogP contribution in [0.3, 0.4) is 0 Å². The Morgan fingerprint density at radius 3 is 2.07 bits per heavy atom. The van der Waals surface area contributed by atoms with Crippen LogP contribution in [0.25, 0.3) is 0 Å². The van der Waals surface area contributed by atoms with Gasteiger partial charge in [-0.3, -0.25) is 14.7 Å². The molecule has 0 saturated heterocycles. The summed E-state index contributed by atoms with van der Waals surface area (Å²) in [5.74, 6) is -0.721. The molecule has 0 bridgehead atoms. The maximum Gasteiger partial charge on any atom is 0.357 e. The lowest BCUT2D eigenvalue weighted by molar-refractivity contribution is -0.384. The van der Waals surface area contributed by atoms with Crippen molar-refractivity contribution in [2.45, 2.75) is 45.7 Å². The molecule has 2 rings (SSSR count). The molecule has 2 N–H and O–H groups in total. The summed E-state index contributed by atoms with van der Waals surface area (Å²) in [4.78, 5) is 11.0. The molecule has 164 valence electrons.